The lowest BCUT2D eigenvalue weighted by Crippen LogP contribution is -2.37. The molecule has 0 bridgehead atoms. The summed E-state index contributed by atoms with van der Waals surface area (Å²) in [4.78, 5) is 4.83. The minimum Gasteiger partial charge on any atom is -0.492 e. The normalized spacial score (nSPS) is 14.8. The third kappa shape index (κ3) is 7.50. The van der Waals surface area contributed by atoms with E-state index < -0.39 is 10.0 Å². The summed E-state index contributed by atoms with van der Waals surface area (Å²) in [6.07, 6.45) is 2.49. The number of nitrogens with zero attached hydrogens (tertiary/aromatic N) is 1. The molecule has 0 spiro atoms. The van der Waals surface area contributed by atoms with Gasteiger partial charge in [0.1, 0.15) is 18.1 Å². The summed E-state index contributed by atoms with van der Waals surface area (Å²) in [6.45, 7) is 6.91. The van der Waals surface area contributed by atoms with Crippen LogP contribution in [0.25, 0.3) is 11.3 Å². The van der Waals surface area contributed by atoms with E-state index in [1.54, 1.807) is 12.1 Å². The maximum Gasteiger partial charge on any atom is 0.238 e. The molecule has 2 aromatic carbocycles. The van der Waals surface area contributed by atoms with Gasteiger partial charge in [-0.1, -0.05) is 0 Å². The van der Waals surface area contributed by atoms with E-state index in [0.29, 0.717) is 24.8 Å². The lowest BCUT2D eigenvalue weighted by molar-refractivity contribution is 0.0770. The van der Waals surface area contributed by atoms with E-state index >= 15 is 0 Å². The number of benzene rings is 2. The molecule has 4 rings (SSSR count). The highest BCUT2D eigenvalue weighted by Gasteiger charge is 2.16. The number of thiazole rings is 1. The van der Waals surface area contributed by atoms with Crippen LogP contribution in [0.4, 0.5) is 0 Å². The Balaban J connectivity index is 1.37. The second kappa shape index (κ2) is 12.2. The Morgan fingerprint density at radius 3 is 2.61 bits per heavy atom. The van der Waals surface area contributed by atoms with Crippen LogP contribution in [0.15, 0.2) is 52.7 Å². The highest BCUT2D eigenvalue weighted by Crippen LogP contribution is 2.29. The van der Waals surface area contributed by atoms with Crippen LogP contribution in [0, 0.1) is 0 Å². The predicted octanol–water partition coefficient (Wildman–Crippen LogP) is 3.98. The van der Waals surface area contributed by atoms with Gasteiger partial charge in [0.2, 0.25) is 10.0 Å². The molecule has 1 aliphatic heterocycles. The predicted molar refractivity (Wildman–Crippen MR) is 141 cm³/mol. The van der Waals surface area contributed by atoms with Crippen molar-refractivity contribution in [2.45, 2.75) is 50.2 Å². The van der Waals surface area contributed by atoms with E-state index in [-0.39, 0.29) is 11.0 Å². The van der Waals surface area contributed by atoms with Gasteiger partial charge in [-0.3, -0.25) is 0 Å². The summed E-state index contributed by atoms with van der Waals surface area (Å²) in [7, 11) is -3.81. The zero-order valence-corrected chi connectivity index (χ0v) is 22.2. The fourth-order valence-electron chi connectivity index (χ4n) is 3.98. The first-order valence-corrected chi connectivity index (χ1v) is 14.5. The Bertz CT molecular complexity index is 1240. The van der Waals surface area contributed by atoms with E-state index in [4.69, 9.17) is 24.3 Å². The van der Waals surface area contributed by atoms with Gasteiger partial charge in [-0.15, -0.1) is 11.3 Å². The molecule has 0 atom stereocenters. The van der Waals surface area contributed by atoms with Gasteiger partial charge in [0.15, 0.2) is 0 Å². The summed E-state index contributed by atoms with van der Waals surface area (Å²) >= 11 is 1.52. The van der Waals surface area contributed by atoms with Gasteiger partial charge in [-0.2, -0.15) is 0 Å². The van der Waals surface area contributed by atoms with Gasteiger partial charge in [0, 0.05) is 48.7 Å². The molecule has 1 aromatic heterocycles. The number of rotatable bonds is 11. The molecular weight excluding hydrogens is 498 g/mol. The van der Waals surface area contributed by atoms with Crippen molar-refractivity contribution in [2.24, 2.45) is 5.14 Å². The molecule has 1 aliphatic rings. The molecule has 3 N–H and O–H groups in total. The van der Waals surface area contributed by atoms with Crippen LogP contribution >= 0.6 is 11.3 Å². The fourth-order valence-corrected chi connectivity index (χ4v) is 5.37. The first-order chi connectivity index (χ1) is 17.3. The molecule has 194 valence electrons. The number of nitrogens with one attached hydrogen (secondary N) is 1. The Hall–Kier alpha value is -2.50. The van der Waals surface area contributed by atoms with Crippen LogP contribution in [0.1, 0.15) is 37.3 Å². The van der Waals surface area contributed by atoms with E-state index in [2.05, 4.69) is 5.32 Å². The van der Waals surface area contributed by atoms with Crippen LogP contribution in [-0.4, -0.2) is 51.9 Å². The van der Waals surface area contributed by atoms with Crippen LogP contribution in [0.2, 0.25) is 0 Å². The fraction of sp³-hybridized carbons (Fsp3) is 0.423. The van der Waals surface area contributed by atoms with Crippen molar-refractivity contribution < 1.29 is 22.6 Å². The Morgan fingerprint density at radius 2 is 1.92 bits per heavy atom. The third-order valence-electron chi connectivity index (χ3n) is 5.79. The molecule has 0 aliphatic carbocycles. The Morgan fingerprint density at radius 1 is 1.17 bits per heavy atom. The molecule has 36 heavy (non-hydrogen) atoms. The first kappa shape index (κ1) is 26.6. The largest absolute Gasteiger partial charge is 0.492 e. The highest BCUT2D eigenvalue weighted by molar-refractivity contribution is 7.89. The average Bonchev–Trinajstić information content (AvgIpc) is 3.31. The van der Waals surface area contributed by atoms with E-state index in [1.807, 2.05) is 43.5 Å². The maximum absolute atomic E-state index is 11.8. The minimum atomic E-state index is -3.81. The first-order valence-electron chi connectivity index (χ1n) is 12.1. The summed E-state index contributed by atoms with van der Waals surface area (Å²) in [5.74, 6) is 1.44. The molecule has 3 aromatic rings. The quantitative estimate of drug-likeness (QED) is 0.360. The highest BCUT2D eigenvalue weighted by atomic mass is 32.2. The third-order valence-corrected chi connectivity index (χ3v) is 7.55. The van der Waals surface area contributed by atoms with Crippen LogP contribution in [0.3, 0.4) is 0 Å². The zero-order chi connectivity index (χ0) is 25.5. The van der Waals surface area contributed by atoms with Crippen LogP contribution in [0.5, 0.6) is 11.5 Å². The summed E-state index contributed by atoms with van der Waals surface area (Å²) in [5, 5.41) is 11.7. The number of primary sulfonamides is 1. The maximum atomic E-state index is 11.8. The topological polar surface area (TPSA) is 113 Å². The molecular formula is C26H33N3O5S2. The average molecular weight is 532 g/mol. The molecule has 8 nitrogen and oxygen atoms in total. The van der Waals surface area contributed by atoms with E-state index in [9.17, 15) is 8.42 Å². The minimum absolute atomic E-state index is 0.0469. The second-order valence-electron chi connectivity index (χ2n) is 9.00. The summed E-state index contributed by atoms with van der Waals surface area (Å²) in [6, 6.07) is 13.1. The van der Waals surface area contributed by atoms with Gasteiger partial charge in [-0.25, -0.2) is 18.5 Å². The number of hydrogen-bond acceptors (Lipinski definition) is 8. The van der Waals surface area contributed by atoms with Crippen molar-refractivity contribution in [3.63, 3.8) is 0 Å². The molecule has 0 radical (unpaired) electrons. The monoisotopic (exact) mass is 531 g/mol. The number of sulfonamides is 1. The Labute approximate surface area is 216 Å². The molecule has 0 unspecified atom stereocenters. The SMILES string of the molecule is CC(C)Oc1ccc(S(N)(=O)=O)cc1Cc1nc(-c2ccc(OCCNC3CCOCC3)cc2)cs1. The molecule has 0 saturated carbocycles. The van der Waals surface area contributed by atoms with Gasteiger partial charge >= 0.3 is 0 Å². The molecule has 1 fully saturated rings. The summed E-state index contributed by atoms with van der Waals surface area (Å²) in [5.41, 5.74) is 2.58. The van der Waals surface area contributed by atoms with Gasteiger partial charge in [0.25, 0.3) is 0 Å². The van der Waals surface area contributed by atoms with Crippen molar-refractivity contribution >= 4 is 21.4 Å². The lowest BCUT2D eigenvalue weighted by atomic mass is 10.1. The van der Waals surface area contributed by atoms with Crippen molar-refractivity contribution in [2.75, 3.05) is 26.4 Å². The molecule has 1 saturated heterocycles. The molecule has 0 amide bonds. The number of ether oxygens (including phenoxy) is 3. The van der Waals surface area contributed by atoms with Crippen molar-refractivity contribution in [3.05, 3.63) is 58.4 Å². The molecule has 10 heteroatoms. The number of nitrogens with two attached hydrogens (primary N) is 1. The van der Waals surface area contributed by atoms with Gasteiger partial charge in [0.05, 0.1) is 21.7 Å². The van der Waals surface area contributed by atoms with Gasteiger partial charge in [-0.05, 0) is 69.2 Å². The number of hydrogen-bond donors (Lipinski definition) is 2. The van der Waals surface area contributed by atoms with E-state index in [0.717, 1.165) is 60.2 Å². The van der Waals surface area contributed by atoms with Crippen molar-refractivity contribution in [3.8, 4) is 22.8 Å². The van der Waals surface area contributed by atoms with Crippen molar-refractivity contribution in [1.82, 2.24) is 10.3 Å². The van der Waals surface area contributed by atoms with E-state index in [1.165, 1.54) is 17.4 Å². The Kier molecular flexibility index (Phi) is 8.97. The second-order valence-corrected chi connectivity index (χ2v) is 11.5. The number of aromatic nitrogens is 1. The van der Waals surface area contributed by atoms with Crippen molar-refractivity contribution in [1.29, 1.82) is 0 Å². The standard InChI is InChI=1S/C26H33N3O5S2/c1-18(2)34-25-8-7-23(36(27,30)31)15-20(25)16-26-29-24(17-35-26)19-3-5-22(6-4-19)33-14-11-28-21-9-12-32-13-10-21/h3-8,15,17-18,21,28H,9-14,16H2,1-2H3,(H2,27,30,31). The lowest BCUT2D eigenvalue weighted by Gasteiger charge is -2.23. The van der Waals surface area contributed by atoms with Crippen LogP contribution in [-0.2, 0) is 21.2 Å². The molecule has 2 heterocycles. The van der Waals surface area contributed by atoms with Crippen LogP contribution < -0.4 is 19.9 Å². The summed E-state index contributed by atoms with van der Waals surface area (Å²) < 4.78 is 40.8. The van der Waals surface area contributed by atoms with Gasteiger partial charge < -0.3 is 19.5 Å². The zero-order valence-electron chi connectivity index (χ0n) is 20.6. The smallest absolute Gasteiger partial charge is 0.238 e.